The Hall–Kier alpha value is -6.21. The Morgan fingerprint density at radius 1 is 0.645 bits per heavy atom. The molecule has 7 heteroatoms. The van der Waals surface area contributed by atoms with Gasteiger partial charge >= 0.3 is 0 Å². The first-order chi connectivity index (χ1) is 30.5. The van der Waals surface area contributed by atoms with Crippen molar-refractivity contribution in [3.63, 3.8) is 0 Å². The van der Waals surface area contributed by atoms with Gasteiger partial charge < -0.3 is 14.2 Å². The molecule has 6 aromatic rings. The molecule has 6 nitrogen and oxygen atoms in total. The third-order valence-electron chi connectivity index (χ3n) is 13.8. The Balaban J connectivity index is 1.04. The summed E-state index contributed by atoms with van der Waals surface area (Å²) in [6, 6.07) is 36.3. The van der Waals surface area contributed by atoms with Crippen molar-refractivity contribution in [1.82, 2.24) is 0 Å². The van der Waals surface area contributed by atoms with Crippen molar-refractivity contribution in [2.45, 2.75) is 70.1 Å². The number of hydrogen-bond donors (Lipinski definition) is 0. The number of unbranched alkanes of at least 4 members (excludes halogenated alkanes) is 3. The average molecular weight is 830 g/mol. The van der Waals surface area contributed by atoms with E-state index in [1.165, 1.54) is 72.3 Å². The van der Waals surface area contributed by atoms with E-state index in [1.54, 1.807) is 11.3 Å². The molecule has 62 heavy (non-hydrogen) atoms. The highest BCUT2D eigenvalue weighted by Crippen LogP contribution is 2.64. The Labute approximate surface area is 367 Å². The topological polar surface area (TPSA) is 76.5 Å². The first kappa shape index (κ1) is 38.7. The normalized spacial score (nSPS) is 21.0. The van der Waals surface area contributed by atoms with Gasteiger partial charge in [-0.1, -0.05) is 134 Å². The van der Waals surface area contributed by atoms with Gasteiger partial charge in [-0.15, -0.1) is 17.3 Å². The monoisotopic (exact) mass is 829 g/mol. The minimum atomic E-state index is -0.316. The van der Waals surface area contributed by atoms with E-state index >= 15 is 0 Å². The molecule has 0 fully saturated rings. The zero-order valence-corrected chi connectivity index (χ0v) is 36.2. The third-order valence-corrected chi connectivity index (χ3v) is 14.7. The van der Waals surface area contributed by atoms with Crippen LogP contribution in [-0.2, 0) is 4.74 Å². The van der Waals surface area contributed by atoms with Gasteiger partial charge in [0.05, 0.1) is 25.2 Å². The van der Waals surface area contributed by atoms with E-state index in [2.05, 4.69) is 145 Å². The molecule has 6 aliphatic carbocycles. The van der Waals surface area contributed by atoms with E-state index < -0.39 is 0 Å². The summed E-state index contributed by atoms with van der Waals surface area (Å²) < 4.78 is 19.6. The van der Waals surface area contributed by atoms with Gasteiger partial charge in [0.15, 0.2) is 11.5 Å². The van der Waals surface area contributed by atoms with Gasteiger partial charge in [-0.05, 0) is 105 Å². The number of azide groups is 1. The highest BCUT2D eigenvalue weighted by molar-refractivity contribution is 7.13. The fourth-order valence-electron chi connectivity index (χ4n) is 11.2. The van der Waals surface area contributed by atoms with E-state index in [-0.39, 0.29) is 29.1 Å². The van der Waals surface area contributed by atoms with Gasteiger partial charge in [0.25, 0.3) is 0 Å². The Bertz CT molecular complexity index is 2770. The second-order valence-corrected chi connectivity index (χ2v) is 19.0. The standard InChI is InChI=1S/C55H47N3O3S/c1-4-17-42-49-45-34-18-7-11-22-38(34)47(39-23-12-8-19-35(39)45)51(49)43(52-48-40-24-13-9-20-36(40)46(50(42)52)37-21-10-14-25-41(37)48)26-27-44-54-53(33(2)62-44)60-31-55(3,32-61-54)30-59-29-16-6-5-15-28-57-58-56/h7-14,18-25,45-48H,5-6,15-16,28-32H2,1-3H3. The van der Waals surface area contributed by atoms with Gasteiger partial charge in [0.2, 0.25) is 0 Å². The molecular weight excluding hydrogens is 783 g/mol. The average Bonchev–Trinajstić information content (AvgIpc) is 3.50. The van der Waals surface area contributed by atoms with Crippen LogP contribution < -0.4 is 9.47 Å². The Kier molecular flexibility index (Phi) is 9.74. The minimum Gasteiger partial charge on any atom is -0.488 e. The summed E-state index contributed by atoms with van der Waals surface area (Å²) in [5, 5.41) is 3.64. The zero-order valence-electron chi connectivity index (χ0n) is 35.4. The fourth-order valence-corrected chi connectivity index (χ4v) is 12.1. The summed E-state index contributed by atoms with van der Waals surface area (Å²) in [5.41, 5.74) is 26.8. The molecule has 5 aromatic carbocycles. The molecule has 306 valence electrons. The predicted molar refractivity (Wildman–Crippen MR) is 246 cm³/mol. The SMILES string of the molecule is CC#Cc1c2c(c(C#Cc3sc(C)c4c3OCC(C)(COCCCCCCN=[N+]=[N-])CO4)c3c1C1c4ccccc4C3c3ccccc31)C1c3ccccc3C2c2ccccc21. The largest absolute Gasteiger partial charge is 0.488 e. The second kappa shape index (κ2) is 15.6. The lowest BCUT2D eigenvalue weighted by Crippen LogP contribution is -2.35. The molecule has 2 heterocycles. The van der Waals surface area contributed by atoms with Crippen molar-refractivity contribution < 1.29 is 14.2 Å². The van der Waals surface area contributed by atoms with Crippen molar-refractivity contribution in [2.75, 3.05) is 33.0 Å². The van der Waals surface area contributed by atoms with Gasteiger partial charge in [0.1, 0.15) is 4.88 Å². The third kappa shape index (κ3) is 6.02. The molecule has 0 radical (unpaired) electrons. The summed E-state index contributed by atoms with van der Waals surface area (Å²) in [5.74, 6) is 16.7. The number of aryl methyl sites for hydroxylation is 1. The van der Waals surface area contributed by atoms with Crippen LogP contribution in [0.4, 0.5) is 0 Å². The highest BCUT2D eigenvalue weighted by Gasteiger charge is 2.50. The van der Waals surface area contributed by atoms with Crippen LogP contribution in [0, 0.1) is 36.0 Å². The van der Waals surface area contributed by atoms with Crippen molar-refractivity contribution in [3.05, 3.63) is 195 Å². The van der Waals surface area contributed by atoms with Crippen LogP contribution in [0.25, 0.3) is 10.4 Å². The van der Waals surface area contributed by atoms with E-state index in [0.29, 0.717) is 33.0 Å². The molecule has 1 unspecified atom stereocenters. The van der Waals surface area contributed by atoms with Crippen LogP contribution in [0.3, 0.4) is 0 Å². The number of rotatable bonds is 9. The summed E-state index contributed by atoms with van der Waals surface area (Å²) >= 11 is 1.66. The maximum atomic E-state index is 8.51. The fraction of sp³-hybridized carbons (Fsp3) is 0.309. The number of hydrogen-bond acceptors (Lipinski definition) is 5. The lowest BCUT2D eigenvalue weighted by atomic mass is 9.53. The second-order valence-electron chi connectivity index (χ2n) is 17.7. The van der Waals surface area contributed by atoms with Gasteiger partial charge in [-0.2, -0.15) is 0 Å². The highest BCUT2D eigenvalue weighted by atomic mass is 32.1. The first-order valence-corrected chi connectivity index (χ1v) is 22.8. The first-order valence-electron chi connectivity index (χ1n) is 22.0. The smallest absolute Gasteiger partial charge is 0.188 e. The van der Waals surface area contributed by atoms with E-state index in [9.17, 15) is 0 Å². The molecule has 1 aromatic heterocycles. The van der Waals surface area contributed by atoms with Crippen molar-refractivity contribution in [1.29, 1.82) is 0 Å². The van der Waals surface area contributed by atoms with Crippen LogP contribution in [-0.4, -0.2) is 33.0 Å². The lowest BCUT2D eigenvalue weighted by molar-refractivity contribution is 0.00548. The Morgan fingerprint density at radius 2 is 1.08 bits per heavy atom. The molecule has 0 amide bonds. The molecule has 7 aliphatic rings. The van der Waals surface area contributed by atoms with E-state index in [0.717, 1.165) is 52.5 Å². The molecule has 4 bridgehead atoms. The predicted octanol–water partition coefficient (Wildman–Crippen LogP) is 12.5. The van der Waals surface area contributed by atoms with Crippen LogP contribution >= 0.6 is 11.3 Å². The molecule has 13 rings (SSSR count). The van der Waals surface area contributed by atoms with Crippen molar-refractivity contribution in [2.24, 2.45) is 10.5 Å². The molecule has 1 atom stereocenters. The van der Waals surface area contributed by atoms with Gasteiger partial charge in [0, 0.05) is 57.7 Å². The number of nitrogens with zero attached hydrogens (tertiary/aromatic N) is 3. The minimum absolute atomic E-state index is 0.0283. The van der Waals surface area contributed by atoms with Crippen LogP contribution in [0.5, 0.6) is 11.5 Å². The number of benzene rings is 5. The maximum Gasteiger partial charge on any atom is 0.188 e. The summed E-state index contributed by atoms with van der Waals surface area (Å²) in [4.78, 5) is 4.80. The summed E-state index contributed by atoms with van der Waals surface area (Å²) in [7, 11) is 0. The number of thiophene rings is 1. The molecule has 0 spiro atoms. The molecular formula is C55H47N3O3S. The van der Waals surface area contributed by atoms with Crippen LogP contribution in [0.2, 0.25) is 0 Å². The molecule has 0 saturated carbocycles. The molecule has 0 N–H and O–H groups in total. The summed E-state index contributed by atoms with van der Waals surface area (Å²) in [6.07, 6.45) is 3.95. The maximum absolute atomic E-state index is 8.51. The number of fused-ring (bicyclic) bond motifs is 1. The zero-order chi connectivity index (χ0) is 42.0. The van der Waals surface area contributed by atoms with E-state index in [4.69, 9.17) is 19.7 Å². The van der Waals surface area contributed by atoms with E-state index in [1.807, 2.05) is 6.92 Å². The van der Waals surface area contributed by atoms with Gasteiger partial charge in [-0.3, -0.25) is 0 Å². The lowest BCUT2D eigenvalue weighted by Gasteiger charge is -2.48. The van der Waals surface area contributed by atoms with Gasteiger partial charge in [-0.25, -0.2) is 0 Å². The van der Waals surface area contributed by atoms with Crippen molar-refractivity contribution >= 4 is 11.3 Å². The van der Waals surface area contributed by atoms with Crippen LogP contribution in [0.15, 0.2) is 102 Å². The number of ether oxygens (including phenoxy) is 3. The summed E-state index contributed by atoms with van der Waals surface area (Å²) in [6.45, 7) is 9.03. The Morgan fingerprint density at radius 3 is 1.53 bits per heavy atom. The van der Waals surface area contributed by atoms with Crippen molar-refractivity contribution in [3.8, 4) is 35.2 Å². The quantitative estimate of drug-likeness (QED) is 0.0478. The van der Waals surface area contributed by atoms with Crippen LogP contribution in [0.1, 0.15) is 151 Å². The molecule has 1 aliphatic heterocycles. The molecule has 0 saturated heterocycles.